The Bertz CT molecular complexity index is 585. The third kappa shape index (κ3) is 9.84. The zero-order valence-corrected chi connectivity index (χ0v) is 24.1. The van der Waals surface area contributed by atoms with E-state index in [0.717, 1.165) is 5.56 Å². The predicted octanol–water partition coefficient (Wildman–Crippen LogP) is 6.89. The van der Waals surface area contributed by atoms with Crippen LogP contribution in [-0.2, 0) is 20.8 Å². The average Bonchev–Trinajstić information content (AvgIpc) is 2.82. The Labute approximate surface area is 201 Å². The molecule has 1 rings (SSSR count). The molecule has 1 aromatic rings. The van der Waals surface area contributed by atoms with Gasteiger partial charge in [0.2, 0.25) is 0 Å². The molecule has 1 aromatic carbocycles. The molecule has 0 amide bonds. The molecule has 0 heterocycles. The number of aliphatic hydroxyl groups is 1. The first-order chi connectivity index (χ1) is 15.5. The third-order valence-corrected chi connectivity index (χ3v) is 22.5. The van der Waals surface area contributed by atoms with Gasteiger partial charge in [-0.3, -0.25) is 0 Å². The summed E-state index contributed by atoms with van der Waals surface area (Å²) < 4.78 is 22.5. The Morgan fingerprint density at radius 1 is 0.938 bits per heavy atom. The Hall–Kier alpha value is -0.401. The number of unbranched alkanes of at least 4 members (excludes halogenated alkanes) is 3. The van der Waals surface area contributed by atoms with Crippen LogP contribution in [-0.4, -0.2) is 55.7 Å². The van der Waals surface area contributed by atoms with Crippen molar-refractivity contribution in [3.8, 4) is 0 Å². The average molecular weight is 555 g/mol. The van der Waals surface area contributed by atoms with E-state index in [2.05, 4.69) is 27.4 Å². The number of methoxy groups -OCH3 is 1. The Kier molecular flexibility index (Phi) is 15.8. The Morgan fingerprint density at radius 3 is 1.94 bits per heavy atom. The summed E-state index contributed by atoms with van der Waals surface area (Å²) >= 11 is -2.80. The number of hydrogen-bond donors (Lipinski definition) is 1. The minimum atomic E-state index is -2.80. The molecule has 0 aliphatic carbocycles. The first-order valence-corrected chi connectivity index (χ1v) is 20.1. The van der Waals surface area contributed by atoms with Crippen LogP contribution >= 0.6 is 0 Å². The van der Waals surface area contributed by atoms with Gasteiger partial charge in [0, 0.05) is 0 Å². The maximum absolute atomic E-state index is 11.4. The monoisotopic (exact) mass is 556 g/mol. The summed E-state index contributed by atoms with van der Waals surface area (Å²) in [5.41, 5.74) is 1.10. The van der Waals surface area contributed by atoms with Crippen molar-refractivity contribution in [3.05, 3.63) is 46.1 Å². The van der Waals surface area contributed by atoms with E-state index in [1.54, 1.807) is 7.11 Å². The fourth-order valence-electron chi connectivity index (χ4n) is 4.40. The zero-order chi connectivity index (χ0) is 23.8. The molecule has 5 heteroatoms. The molecular weight excluding hydrogens is 507 g/mol. The van der Waals surface area contributed by atoms with Crippen LogP contribution in [0.4, 0.5) is 0 Å². The zero-order valence-electron chi connectivity index (χ0n) is 21.3. The molecule has 0 unspecified atom stereocenters. The number of hydrogen-bond acceptors (Lipinski definition) is 4. The molecule has 0 saturated heterocycles. The summed E-state index contributed by atoms with van der Waals surface area (Å²) in [7, 11) is 1.63. The van der Waals surface area contributed by atoms with E-state index in [9.17, 15) is 5.11 Å². The summed E-state index contributed by atoms with van der Waals surface area (Å²) in [6.45, 7) is 14.0. The van der Waals surface area contributed by atoms with Crippen molar-refractivity contribution in [3.63, 3.8) is 0 Å². The molecule has 3 atom stereocenters. The molecule has 0 aromatic heterocycles. The van der Waals surface area contributed by atoms with Gasteiger partial charge in [-0.05, 0) is 0 Å². The van der Waals surface area contributed by atoms with Gasteiger partial charge in [-0.15, -0.1) is 0 Å². The van der Waals surface area contributed by atoms with E-state index < -0.39 is 30.6 Å². The van der Waals surface area contributed by atoms with E-state index in [4.69, 9.17) is 14.2 Å². The number of rotatable bonds is 19. The van der Waals surface area contributed by atoms with Crippen LogP contribution in [0.25, 0.3) is 0 Å². The molecule has 0 aliphatic heterocycles. The third-order valence-electron chi connectivity index (χ3n) is 6.56. The topological polar surface area (TPSA) is 47.9 Å². The van der Waals surface area contributed by atoms with E-state index in [1.807, 2.05) is 37.3 Å². The second-order valence-electron chi connectivity index (χ2n) is 9.10. The second-order valence-corrected chi connectivity index (χ2v) is 22.5. The van der Waals surface area contributed by atoms with Crippen LogP contribution in [0, 0.1) is 0 Å². The van der Waals surface area contributed by atoms with Gasteiger partial charge in [-0.1, -0.05) is 0 Å². The normalized spacial score (nSPS) is 14.8. The second kappa shape index (κ2) is 17.1. The van der Waals surface area contributed by atoms with Crippen molar-refractivity contribution in [1.82, 2.24) is 0 Å². The molecule has 0 bridgehead atoms. The number of aliphatic hydroxyl groups excluding tert-OH is 1. The van der Waals surface area contributed by atoms with Crippen molar-refractivity contribution in [1.29, 1.82) is 0 Å². The summed E-state index contributed by atoms with van der Waals surface area (Å²) in [4.78, 5) is 0. The molecule has 1 N–H and O–H groups in total. The molecular formula is C27H48O4Sn. The number of ether oxygens (including phenoxy) is 3. The van der Waals surface area contributed by atoms with Gasteiger partial charge in [-0.2, -0.15) is 0 Å². The van der Waals surface area contributed by atoms with E-state index in [0.29, 0.717) is 6.61 Å². The van der Waals surface area contributed by atoms with Crippen LogP contribution in [0.1, 0.15) is 71.8 Å². The van der Waals surface area contributed by atoms with Crippen LogP contribution in [0.5, 0.6) is 0 Å². The van der Waals surface area contributed by atoms with Gasteiger partial charge in [-0.25, -0.2) is 0 Å². The molecule has 0 radical (unpaired) electrons. The van der Waals surface area contributed by atoms with Crippen molar-refractivity contribution >= 4 is 18.4 Å². The SMILES string of the molecule is C=[C]([C@H](OCOC)[C@H](O)[C@H](C)OCc1ccccc1)[Sn]([CH2]CCC)([CH2]CCC)[CH2]CCC. The molecule has 0 spiro atoms. The molecule has 184 valence electrons. The van der Waals surface area contributed by atoms with Crippen LogP contribution in [0.3, 0.4) is 0 Å². The first-order valence-electron chi connectivity index (χ1n) is 12.6. The molecule has 0 fully saturated rings. The van der Waals surface area contributed by atoms with Gasteiger partial charge in [0.05, 0.1) is 0 Å². The van der Waals surface area contributed by atoms with Crippen molar-refractivity contribution < 1.29 is 19.3 Å². The van der Waals surface area contributed by atoms with Crippen molar-refractivity contribution in [2.75, 3.05) is 13.9 Å². The van der Waals surface area contributed by atoms with Gasteiger partial charge in [0.1, 0.15) is 0 Å². The quantitative estimate of drug-likeness (QED) is 0.149. The van der Waals surface area contributed by atoms with Gasteiger partial charge >= 0.3 is 202 Å². The van der Waals surface area contributed by atoms with Crippen LogP contribution in [0.2, 0.25) is 13.3 Å². The first kappa shape index (κ1) is 29.6. The standard InChI is InChI=1S/C15H21O4.3C4H9.Sn/c1-4-14(19-11-17-3)15(16)12(2)18-10-13-8-6-5-7-9-13;3*1-3-4-2;/h5-9,12,14-16H,1,10-11H2,2-3H3;3*1,3-4H2,2H3;/t12-,14-,15+;;;;/m0..../s1. The summed E-state index contributed by atoms with van der Waals surface area (Å²) in [5.74, 6) is 0. The van der Waals surface area contributed by atoms with Gasteiger partial charge in [0.25, 0.3) is 0 Å². The van der Waals surface area contributed by atoms with Gasteiger partial charge in [0.15, 0.2) is 0 Å². The van der Waals surface area contributed by atoms with Gasteiger partial charge < -0.3 is 0 Å². The van der Waals surface area contributed by atoms with Crippen LogP contribution < -0.4 is 0 Å². The summed E-state index contributed by atoms with van der Waals surface area (Å²) in [5, 5.41) is 11.4. The molecule has 4 nitrogen and oxygen atoms in total. The Morgan fingerprint density at radius 2 is 1.47 bits per heavy atom. The van der Waals surface area contributed by atoms with E-state index in [1.165, 1.54) is 55.4 Å². The van der Waals surface area contributed by atoms with E-state index >= 15 is 0 Å². The Balaban J connectivity index is 3.08. The van der Waals surface area contributed by atoms with Crippen molar-refractivity contribution in [2.45, 2.75) is 104 Å². The van der Waals surface area contributed by atoms with E-state index in [-0.39, 0.29) is 12.9 Å². The molecule has 32 heavy (non-hydrogen) atoms. The minimum absolute atomic E-state index is 0.156. The van der Waals surface area contributed by atoms with Crippen LogP contribution in [0.15, 0.2) is 40.5 Å². The maximum atomic E-state index is 11.4. The predicted molar refractivity (Wildman–Crippen MR) is 137 cm³/mol. The summed E-state index contributed by atoms with van der Waals surface area (Å²) in [6.07, 6.45) is 5.79. The fourth-order valence-corrected chi connectivity index (χ4v) is 20.6. The molecule has 0 saturated carbocycles. The summed E-state index contributed by atoms with van der Waals surface area (Å²) in [6, 6.07) is 10.1. The van der Waals surface area contributed by atoms with Crippen molar-refractivity contribution in [2.24, 2.45) is 0 Å². The fraction of sp³-hybridized carbons (Fsp3) is 0.704. The number of benzene rings is 1. The molecule has 0 aliphatic rings.